The minimum atomic E-state index is -5.08. The molecular weight excluding hydrogens is 484 g/mol. The third kappa shape index (κ3) is 6.47. The van der Waals surface area contributed by atoms with Crippen molar-refractivity contribution < 1.29 is 36.2 Å². The highest BCUT2D eigenvalue weighted by Crippen LogP contribution is 2.30. The van der Waals surface area contributed by atoms with Crippen LogP contribution in [-0.4, -0.2) is 55.0 Å². The van der Waals surface area contributed by atoms with Crippen LogP contribution >= 0.6 is 0 Å². The van der Waals surface area contributed by atoms with Crippen LogP contribution in [-0.2, 0) is 17.5 Å². The Labute approximate surface area is 193 Å². The van der Waals surface area contributed by atoms with E-state index >= 15 is 0 Å². The van der Waals surface area contributed by atoms with E-state index in [1.54, 1.807) is 24.4 Å². The van der Waals surface area contributed by atoms with Gasteiger partial charge in [0.1, 0.15) is 5.82 Å². The Kier molecular flexibility index (Phi) is 7.33. The van der Waals surface area contributed by atoms with Gasteiger partial charge in [0, 0.05) is 43.2 Å². The highest BCUT2D eigenvalue weighted by Gasteiger charge is 2.38. The smallest absolute Gasteiger partial charge is 0.475 e. The quantitative estimate of drug-likeness (QED) is 0.527. The fraction of sp³-hybridized carbons (Fsp3) is 0.333. The molecule has 4 rings (SSSR count). The van der Waals surface area contributed by atoms with Gasteiger partial charge in [0.05, 0.1) is 6.04 Å². The van der Waals surface area contributed by atoms with E-state index in [1.807, 2.05) is 23.0 Å². The molecule has 2 N–H and O–H groups in total. The lowest BCUT2D eigenvalue weighted by molar-refractivity contribution is -0.192. The Bertz CT molecular complexity index is 1230. The van der Waals surface area contributed by atoms with E-state index in [-0.39, 0.29) is 5.82 Å². The van der Waals surface area contributed by atoms with Crippen LogP contribution in [0.15, 0.2) is 47.5 Å². The van der Waals surface area contributed by atoms with E-state index in [0.717, 1.165) is 25.6 Å². The molecule has 2 aromatic heterocycles. The number of hydrogen-bond donors (Lipinski definition) is 2. The molecule has 0 saturated carbocycles. The molecular formula is C21H19F6N5O3. The van der Waals surface area contributed by atoms with E-state index in [4.69, 9.17) is 9.90 Å². The van der Waals surface area contributed by atoms with Gasteiger partial charge in [0.25, 0.3) is 5.56 Å². The Morgan fingerprint density at radius 1 is 1.17 bits per heavy atom. The summed E-state index contributed by atoms with van der Waals surface area (Å²) in [6.45, 7) is 3.48. The van der Waals surface area contributed by atoms with Crippen molar-refractivity contribution in [2.75, 3.05) is 13.1 Å². The normalized spacial score (nSPS) is 14.7. The molecule has 1 aliphatic rings. The summed E-state index contributed by atoms with van der Waals surface area (Å²) in [5.41, 5.74) is -0.982. The standard InChI is InChI=1S/C19H18F3N5O.C2HF3O2/c1-12-16(19(20,21)22)24-17(25-18(12)28)14-5-2-4-13(8-14)9-26-10-15(11-26)27-7-3-6-23-27;3-2(4,5)1(6)7/h2-8,15H,9-11H2,1H3,(H,24,25,28);(H,6,7). The molecule has 1 saturated heterocycles. The second kappa shape index (κ2) is 9.90. The molecule has 0 aliphatic carbocycles. The summed E-state index contributed by atoms with van der Waals surface area (Å²) < 4.78 is 73.1. The molecule has 3 aromatic rings. The number of carboxylic acids is 1. The fourth-order valence-electron chi connectivity index (χ4n) is 3.36. The van der Waals surface area contributed by atoms with Gasteiger partial charge in [-0.2, -0.15) is 31.4 Å². The lowest BCUT2D eigenvalue weighted by Gasteiger charge is -2.39. The molecule has 0 bridgehead atoms. The zero-order valence-corrected chi connectivity index (χ0v) is 18.1. The van der Waals surface area contributed by atoms with E-state index in [1.165, 1.54) is 0 Å². The lowest BCUT2D eigenvalue weighted by atomic mass is 10.1. The highest BCUT2D eigenvalue weighted by molar-refractivity contribution is 5.73. The van der Waals surface area contributed by atoms with Gasteiger partial charge in [-0.15, -0.1) is 0 Å². The number of carbonyl (C=O) groups is 1. The van der Waals surface area contributed by atoms with Crippen molar-refractivity contribution in [1.82, 2.24) is 24.6 Å². The second-order valence-corrected chi connectivity index (χ2v) is 7.72. The molecule has 1 aromatic carbocycles. The number of hydrogen-bond acceptors (Lipinski definition) is 5. The van der Waals surface area contributed by atoms with Gasteiger partial charge in [0.2, 0.25) is 0 Å². The molecule has 188 valence electrons. The number of H-pyrrole nitrogens is 1. The number of alkyl halides is 6. The summed E-state index contributed by atoms with van der Waals surface area (Å²) in [7, 11) is 0. The van der Waals surface area contributed by atoms with Gasteiger partial charge >= 0.3 is 18.3 Å². The molecule has 8 nitrogen and oxygen atoms in total. The summed E-state index contributed by atoms with van der Waals surface area (Å²) in [6, 6.07) is 9.28. The number of aliphatic carboxylic acids is 1. The second-order valence-electron chi connectivity index (χ2n) is 7.72. The molecule has 0 amide bonds. The highest BCUT2D eigenvalue weighted by atomic mass is 19.4. The van der Waals surface area contributed by atoms with Crippen LogP contribution in [0.5, 0.6) is 0 Å². The summed E-state index contributed by atoms with van der Waals surface area (Å²) in [5.74, 6) is -2.84. The number of nitrogens with zero attached hydrogens (tertiary/aromatic N) is 4. The third-order valence-corrected chi connectivity index (χ3v) is 5.11. The predicted molar refractivity (Wildman–Crippen MR) is 110 cm³/mol. The number of aromatic nitrogens is 4. The maximum atomic E-state index is 13.2. The molecule has 0 radical (unpaired) electrons. The molecule has 1 fully saturated rings. The van der Waals surface area contributed by atoms with Crippen molar-refractivity contribution in [3.05, 3.63) is 69.9 Å². The van der Waals surface area contributed by atoms with Gasteiger partial charge < -0.3 is 10.1 Å². The zero-order chi connectivity index (χ0) is 26.0. The van der Waals surface area contributed by atoms with Crippen molar-refractivity contribution in [1.29, 1.82) is 0 Å². The Morgan fingerprint density at radius 2 is 1.83 bits per heavy atom. The number of rotatable bonds is 4. The number of halogens is 6. The number of aromatic amines is 1. The van der Waals surface area contributed by atoms with E-state index in [2.05, 4.69) is 20.0 Å². The van der Waals surface area contributed by atoms with Crippen molar-refractivity contribution in [2.45, 2.75) is 31.9 Å². The fourth-order valence-corrected chi connectivity index (χ4v) is 3.36. The molecule has 1 aliphatic heterocycles. The van der Waals surface area contributed by atoms with Crippen LogP contribution < -0.4 is 5.56 Å². The monoisotopic (exact) mass is 503 g/mol. The molecule has 14 heteroatoms. The van der Waals surface area contributed by atoms with Crippen molar-refractivity contribution >= 4 is 5.97 Å². The first-order valence-electron chi connectivity index (χ1n) is 10.0. The maximum absolute atomic E-state index is 13.2. The summed E-state index contributed by atoms with van der Waals surface area (Å²) >= 11 is 0. The summed E-state index contributed by atoms with van der Waals surface area (Å²) in [6.07, 6.45) is -6.08. The van der Waals surface area contributed by atoms with Crippen LogP contribution in [0.4, 0.5) is 26.3 Å². The predicted octanol–water partition coefficient (Wildman–Crippen LogP) is 3.65. The van der Waals surface area contributed by atoms with Crippen LogP contribution in [0.25, 0.3) is 11.4 Å². The summed E-state index contributed by atoms with van der Waals surface area (Å²) in [5, 5.41) is 11.4. The molecule has 0 spiro atoms. The third-order valence-electron chi connectivity index (χ3n) is 5.11. The van der Waals surface area contributed by atoms with Gasteiger partial charge in [0.15, 0.2) is 5.69 Å². The van der Waals surface area contributed by atoms with Crippen LogP contribution in [0.3, 0.4) is 0 Å². The minimum absolute atomic E-state index is 0.0807. The van der Waals surface area contributed by atoms with Crippen molar-refractivity contribution in [3.8, 4) is 11.4 Å². The Balaban J connectivity index is 0.000000429. The van der Waals surface area contributed by atoms with E-state index in [0.29, 0.717) is 18.2 Å². The summed E-state index contributed by atoms with van der Waals surface area (Å²) in [4.78, 5) is 29.2. The van der Waals surface area contributed by atoms with Crippen LogP contribution in [0.2, 0.25) is 0 Å². The molecule has 0 unspecified atom stereocenters. The van der Waals surface area contributed by atoms with Gasteiger partial charge in [-0.1, -0.05) is 18.2 Å². The first-order chi connectivity index (χ1) is 16.3. The number of carboxylic acid groups (broad SMARTS) is 1. The topological polar surface area (TPSA) is 104 Å². The van der Waals surface area contributed by atoms with Crippen molar-refractivity contribution in [2.24, 2.45) is 0 Å². The minimum Gasteiger partial charge on any atom is -0.475 e. The number of likely N-dealkylation sites (tertiary alicyclic amines) is 1. The zero-order valence-electron chi connectivity index (χ0n) is 18.1. The van der Waals surface area contributed by atoms with E-state index < -0.39 is 35.1 Å². The maximum Gasteiger partial charge on any atom is 0.490 e. The first kappa shape index (κ1) is 25.9. The molecule has 0 atom stereocenters. The van der Waals surface area contributed by atoms with Gasteiger partial charge in [-0.3, -0.25) is 14.4 Å². The molecule has 3 heterocycles. The average molecular weight is 503 g/mol. The SMILES string of the molecule is Cc1c(C(F)(F)F)nc(-c2cccc(CN3CC(n4cccn4)C3)c2)[nH]c1=O.O=C(O)C(F)(F)F. The average Bonchev–Trinajstić information content (AvgIpc) is 3.25. The molecule has 35 heavy (non-hydrogen) atoms. The van der Waals surface area contributed by atoms with Gasteiger partial charge in [-0.25, -0.2) is 9.78 Å². The number of nitrogens with one attached hydrogen (secondary N) is 1. The van der Waals surface area contributed by atoms with Crippen LogP contribution in [0.1, 0.15) is 22.9 Å². The number of benzene rings is 1. The lowest BCUT2D eigenvalue weighted by Crippen LogP contribution is -2.47. The largest absolute Gasteiger partial charge is 0.490 e. The van der Waals surface area contributed by atoms with E-state index in [9.17, 15) is 31.1 Å². The Morgan fingerprint density at radius 3 is 2.37 bits per heavy atom. The first-order valence-corrected chi connectivity index (χ1v) is 10.0. The van der Waals surface area contributed by atoms with Crippen LogP contribution in [0, 0.1) is 6.92 Å². The van der Waals surface area contributed by atoms with Gasteiger partial charge in [-0.05, 0) is 24.6 Å². The Hall–Kier alpha value is -3.68. The van der Waals surface area contributed by atoms with Crippen molar-refractivity contribution in [3.63, 3.8) is 0 Å².